The summed E-state index contributed by atoms with van der Waals surface area (Å²) in [5.74, 6) is 0. The van der Waals surface area contributed by atoms with Crippen LogP contribution >= 0.6 is 0 Å². The van der Waals surface area contributed by atoms with Gasteiger partial charge in [0.15, 0.2) is 0 Å². The van der Waals surface area contributed by atoms with E-state index in [1.165, 1.54) is 4.90 Å². The maximum atomic E-state index is 11.7. The molecule has 0 aliphatic carbocycles. The second-order valence-electron chi connectivity index (χ2n) is 7.42. The summed E-state index contributed by atoms with van der Waals surface area (Å²) in [6, 6.07) is 0. The number of alkyl carbamates (subject to hydrolysis) is 1. The molecular weight excluding hydrogens is 276 g/mol. The number of hydrogen-bond acceptors (Lipinski definition) is 5. The van der Waals surface area contributed by atoms with Crippen LogP contribution in [0.3, 0.4) is 0 Å². The molecule has 0 spiro atoms. The molecule has 0 unspecified atom stereocenters. The minimum absolute atomic E-state index is 0.0290. The Morgan fingerprint density at radius 1 is 1.10 bits per heavy atom. The smallest absolute Gasteiger partial charge is 0.410 e. The largest absolute Gasteiger partial charge is 0.444 e. The SMILES string of the molecule is CC(C)(C)OC(=O)NCC1(O)CN(C(=O)OC(C)(C)C)C1. The number of likely N-dealkylation sites (tertiary alicyclic amines) is 1. The lowest BCUT2D eigenvalue weighted by atomic mass is 9.95. The van der Waals surface area contributed by atoms with Crippen LogP contribution in [0.2, 0.25) is 0 Å². The summed E-state index contributed by atoms with van der Waals surface area (Å²) in [5.41, 5.74) is -2.29. The van der Waals surface area contributed by atoms with E-state index < -0.39 is 29.0 Å². The molecule has 1 heterocycles. The normalized spacial score (nSPS) is 17.8. The number of ether oxygens (including phenoxy) is 2. The second kappa shape index (κ2) is 5.71. The van der Waals surface area contributed by atoms with Crippen molar-refractivity contribution >= 4 is 12.2 Å². The van der Waals surface area contributed by atoms with E-state index in [2.05, 4.69) is 5.32 Å². The van der Waals surface area contributed by atoms with E-state index in [0.717, 1.165) is 0 Å². The van der Waals surface area contributed by atoms with E-state index in [9.17, 15) is 14.7 Å². The van der Waals surface area contributed by atoms with Crippen LogP contribution in [-0.4, -0.2) is 58.6 Å². The molecule has 0 aromatic rings. The van der Waals surface area contributed by atoms with E-state index in [4.69, 9.17) is 9.47 Å². The summed E-state index contributed by atoms with van der Waals surface area (Å²) >= 11 is 0. The Hall–Kier alpha value is -1.50. The van der Waals surface area contributed by atoms with Crippen molar-refractivity contribution in [2.24, 2.45) is 0 Å². The molecule has 0 bridgehead atoms. The topological polar surface area (TPSA) is 88.1 Å². The van der Waals surface area contributed by atoms with Gasteiger partial charge in [0.1, 0.15) is 16.8 Å². The average molecular weight is 302 g/mol. The average Bonchev–Trinajstić information content (AvgIpc) is 2.17. The van der Waals surface area contributed by atoms with Gasteiger partial charge in [0, 0.05) is 0 Å². The molecule has 1 rings (SSSR count). The van der Waals surface area contributed by atoms with Gasteiger partial charge < -0.3 is 24.8 Å². The molecule has 1 saturated heterocycles. The number of rotatable bonds is 2. The highest BCUT2D eigenvalue weighted by Crippen LogP contribution is 2.23. The highest BCUT2D eigenvalue weighted by atomic mass is 16.6. The highest BCUT2D eigenvalue weighted by molar-refractivity contribution is 5.70. The monoisotopic (exact) mass is 302 g/mol. The van der Waals surface area contributed by atoms with E-state index in [-0.39, 0.29) is 19.6 Å². The lowest BCUT2D eigenvalue weighted by Crippen LogP contribution is -2.68. The zero-order valence-corrected chi connectivity index (χ0v) is 13.6. The summed E-state index contributed by atoms with van der Waals surface area (Å²) in [5, 5.41) is 12.7. The van der Waals surface area contributed by atoms with Gasteiger partial charge >= 0.3 is 12.2 Å². The summed E-state index contributed by atoms with van der Waals surface area (Å²) in [6.45, 7) is 10.9. The Morgan fingerprint density at radius 2 is 1.57 bits per heavy atom. The first-order chi connectivity index (χ1) is 9.30. The zero-order valence-electron chi connectivity index (χ0n) is 13.6. The highest BCUT2D eigenvalue weighted by Gasteiger charge is 2.45. The van der Waals surface area contributed by atoms with Crippen LogP contribution in [0.15, 0.2) is 0 Å². The van der Waals surface area contributed by atoms with Gasteiger partial charge in [-0.15, -0.1) is 0 Å². The molecule has 2 amide bonds. The van der Waals surface area contributed by atoms with Crippen molar-refractivity contribution in [3.63, 3.8) is 0 Å². The first-order valence-electron chi connectivity index (χ1n) is 6.97. The number of carbonyl (C=O) groups is 2. The van der Waals surface area contributed by atoms with Crippen molar-refractivity contribution in [2.45, 2.75) is 58.3 Å². The van der Waals surface area contributed by atoms with Gasteiger partial charge in [0.05, 0.1) is 19.6 Å². The third-order valence-electron chi connectivity index (χ3n) is 2.58. The van der Waals surface area contributed by atoms with Crippen LogP contribution in [0.5, 0.6) is 0 Å². The van der Waals surface area contributed by atoms with Crippen molar-refractivity contribution < 1.29 is 24.2 Å². The van der Waals surface area contributed by atoms with E-state index in [1.807, 2.05) is 0 Å². The van der Waals surface area contributed by atoms with Crippen molar-refractivity contribution in [3.8, 4) is 0 Å². The lowest BCUT2D eigenvalue weighted by Gasteiger charge is -2.46. The molecule has 2 N–H and O–H groups in total. The quantitative estimate of drug-likeness (QED) is 0.807. The molecule has 0 aromatic carbocycles. The molecule has 1 aliphatic heterocycles. The van der Waals surface area contributed by atoms with Gasteiger partial charge in [0.25, 0.3) is 0 Å². The molecule has 1 fully saturated rings. The molecule has 21 heavy (non-hydrogen) atoms. The second-order valence-corrected chi connectivity index (χ2v) is 7.42. The van der Waals surface area contributed by atoms with Gasteiger partial charge in [-0.3, -0.25) is 0 Å². The number of hydrogen-bond donors (Lipinski definition) is 2. The summed E-state index contributed by atoms with van der Waals surface area (Å²) in [6.07, 6.45) is -1.06. The van der Waals surface area contributed by atoms with E-state index in [0.29, 0.717) is 0 Å². The first-order valence-corrected chi connectivity index (χ1v) is 6.97. The Bertz CT molecular complexity index is 397. The van der Waals surface area contributed by atoms with Gasteiger partial charge in [-0.2, -0.15) is 0 Å². The molecule has 0 aromatic heterocycles. The Labute approximate surface area is 125 Å². The zero-order chi connectivity index (χ0) is 16.5. The summed E-state index contributed by atoms with van der Waals surface area (Å²) < 4.78 is 10.3. The number of β-amino-alcohol motifs (C(OH)–C–C–N with tert-alkyl or cyclic N) is 1. The van der Waals surface area contributed by atoms with Gasteiger partial charge in [-0.1, -0.05) is 0 Å². The van der Waals surface area contributed by atoms with E-state index >= 15 is 0 Å². The third-order valence-corrected chi connectivity index (χ3v) is 2.58. The first kappa shape index (κ1) is 17.6. The number of aliphatic hydroxyl groups is 1. The lowest BCUT2D eigenvalue weighted by molar-refractivity contribution is -0.0959. The maximum absolute atomic E-state index is 11.7. The third kappa shape index (κ3) is 6.20. The Balaban J connectivity index is 2.34. The predicted molar refractivity (Wildman–Crippen MR) is 77.0 cm³/mol. The van der Waals surface area contributed by atoms with Crippen molar-refractivity contribution in [3.05, 3.63) is 0 Å². The minimum Gasteiger partial charge on any atom is -0.444 e. The molecule has 0 radical (unpaired) electrons. The van der Waals surface area contributed by atoms with Crippen LogP contribution in [0.1, 0.15) is 41.5 Å². The van der Waals surface area contributed by atoms with Crippen LogP contribution in [0, 0.1) is 0 Å². The van der Waals surface area contributed by atoms with Crippen molar-refractivity contribution in [1.82, 2.24) is 10.2 Å². The predicted octanol–water partition coefficient (Wildman–Crippen LogP) is 1.49. The summed E-state index contributed by atoms with van der Waals surface area (Å²) in [4.78, 5) is 24.6. The number of amides is 2. The molecule has 7 nitrogen and oxygen atoms in total. The van der Waals surface area contributed by atoms with Gasteiger partial charge in [0.2, 0.25) is 0 Å². The number of nitrogens with zero attached hydrogens (tertiary/aromatic N) is 1. The van der Waals surface area contributed by atoms with Crippen LogP contribution in [0.4, 0.5) is 9.59 Å². The van der Waals surface area contributed by atoms with Crippen molar-refractivity contribution in [1.29, 1.82) is 0 Å². The molecule has 7 heteroatoms. The fourth-order valence-corrected chi connectivity index (χ4v) is 1.78. The van der Waals surface area contributed by atoms with Crippen LogP contribution < -0.4 is 5.32 Å². The Morgan fingerprint density at radius 3 is 2.00 bits per heavy atom. The van der Waals surface area contributed by atoms with Gasteiger partial charge in [-0.05, 0) is 41.5 Å². The van der Waals surface area contributed by atoms with Crippen LogP contribution in [0.25, 0.3) is 0 Å². The minimum atomic E-state index is -1.13. The van der Waals surface area contributed by atoms with Crippen molar-refractivity contribution in [2.75, 3.05) is 19.6 Å². The van der Waals surface area contributed by atoms with Gasteiger partial charge in [-0.25, -0.2) is 9.59 Å². The molecule has 122 valence electrons. The van der Waals surface area contributed by atoms with Crippen LogP contribution in [-0.2, 0) is 9.47 Å². The molecule has 1 aliphatic rings. The number of carbonyl (C=O) groups excluding carboxylic acids is 2. The fourth-order valence-electron chi connectivity index (χ4n) is 1.78. The molecule has 0 saturated carbocycles. The Kier molecular flexibility index (Phi) is 4.77. The maximum Gasteiger partial charge on any atom is 0.410 e. The molecular formula is C14H26N2O5. The standard InChI is InChI=1S/C14H26N2O5/c1-12(2,3)20-10(17)15-7-14(19)8-16(9-14)11(18)21-13(4,5)6/h19H,7-9H2,1-6H3,(H,15,17). The van der Waals surface area contributed by atoms with E-state index in [1.54, 1.807) is 41.5 Å². The summed E-state index contributed by atoms with van der Waals surface area (Å²) in [7, 11) is 0. The fraction of sp³-hybridized carbons (Fsp3) is 0.857. The molecule has 0 atom stereocenters. The number of nitrogens with one attached hydrogen (secondary N) is 1.